The first-order chi connectivity index (χ1) is 10.3. The maximum Gasteiger partial charge on any atom is 0.0571 e. The van der Waals surface area contributed by atoms with Crippen LogP contribution in [0.1, 0.15) is 110 Å². The Morgan fingerprint density at radius 2 is 1.38 bits per heavy atom. The molecule has 3 unspecified atom stereocenters. The lowest BCUT2D eigenvalue weighted by Crippen LogP contribution is -2.30. The molecule has 0 aliphatic heterocycles. The molecule has 0 heterocycles. The summed E-state index contributed by atoms with van der Waals surface area (Å²) in [5.74, 6) is 1.41. The zero-order valence-electron chi connectivity index (χ0n) is 14.8. The molecule has 1 N–H and O–H groups in total. The van der Waals surface area contributed by atoms with Crippen LogP contribution in [-0.2, 0) is 0 Å². The van der Waals surface area contributed by atoms with Crippen molar-refractivity contribution in [2.45, 2.75) is 116 Å². The molecule has 21 heavy (non-hydrogen) atoms. The first kappa shape index (κ1) is 19.0. The van der Waals surface area contributed by atoms with Gasteiger partial charge in [-0.05, 0) is 24.7 Å². The minimum absolute atomic E-state index is 0.0141. The SMILES string of the molecule is CCCCCCCCCCCC(O)C1CCCCC1CC. The molecular weight excluding hydrogens is 256 g/mol. The van der Waals surface area contributed by atoms with E-state index in [1.165, 1.54) is 89.9 Å². The van der Waals surface area contributed by atoms with Crippen molar-refractivity contribution in [1.82, 2.24) is 0 Å². The van der Waals surface area contributed by atoms with Crippen LogP contribution >= 0.6 is 0 Å². The lowest BCUT2D eigenvalue weighted by atomic mass is 9.74. The molecule has 126 valence electrons. The largest absolute Gasteiger partial charge is 0.393 e. The fraction of sp³-hybridized carbons (Fsp3) is 1.00. The Morgan fingerprint density at radius 3 is 2.00 bits per heavy atom. The van der Waals surface area contributed by atoms with Gasteiger partial charge < -0.3 is 5.11 Å². The molecule has 0 aromatic carbocycles. The number of hydrogen-bond acceptors (Lipinski definition) is 1. The fourth-order valence-corrected chi connectivity index (χ4v) is 4.13. The molecule has 1 aliphatic carbocycles. The molecule has 0 radical (unpaired) electrons. The minimum atomic E-state index is -0.0141. The second-order valence-electron chi connectivity index (χ2n) is 7.30. The van der Waals surface area contributed by atoms with Crippen LogP contribution in [0.2, 0.25) is 0 Å². The molecule has 1 rings (SSSR count). The Kier molecular flexibility index (Phi) is 11.3. The van der Waals surface area contributed by atoms with E-state index < -0.39 is 0 Å². The smallest absolute Gasteiger partial charge is 0.0571 e. The number of rotatable bonds is 12. The maximum atomic E-state index is 10.5. The second kappa shape index (κ2) is 12.5. The molecule has 1 nitrogen and oxygen atoms in total. The predicted octanol–water partition coefficient (Wildman–Crippen LogP) is 6.48. The van der Waals surface area contributed by atoms with Crippen LogP contribution in [0.4, 0.5) is 0 Å². The average molecular weight is 297 g/mol. The summed E-state index contributed by atoms with van der Waals surface area (Å²) in [6.07, 6.45) is 20.0. The Labute approximate surface area is 133 Å². The highest BCUT2D eigenvalue weighted by atomic mass is 16.3. The summed E-state index contributed by atoms with van der Waals surface area (Å²) in [5, 5.41) is 10.5. The minimum Gasteiger partial charge on any atom is -0.393 e. The van der Waals surface area contributed by atoms with Gasteiger partial charge in [0.05, 0.1) is 6.10 Å². The van der Waals surface area contributed by atoms with Crippen molar-refractivity contribution in [3.05, 3.63) is 0 Å². The molecule has 0 amide bonds. The van der Waals surface area contributed by atoms with Crippen LogP contribution in [0.3, 0.4) is 0 Å². The van der Waals surface area contributed by atoms with Gasteiger partial charge in [-0.2, -0.15) is 0 Å². The van der Waals surface area contributed by atoms with Crippen LogP contribution in [0, 0.1) is 11.8 Å². The summed E-state index contributed by atoms with van der Waals surface area (Å²) < 4.78 is 0. The van der Waals surface area contributed by atoms with E-state index in [0.29, 0.717) is 5.92 Å². The molecule has 0 aromatic rings. The van der Waals surface area contributed by atoms with Gasteiger partial charge in [0.2, 0.25) is 0 Å². The number of aliphatic hydroxyl groups excluding tert-OH is 1. The topological polar surface area (TPSA) is 20.2 Å². The molecule has 0 aromatic heterocycles. The van der Waals surface area contributed by atoms with Crippen LogP contribution in [0.15, 0.2) is 0 Å². The van der Waals surface area contributed by atoms with Gasteiger partial charge in [-0.15, -0.1) is 0 Å². The third kappa shape index (κ3) is 8.24. The summed E-state index contributed by atoms with van der Waals surface area (Å²) in [5.41, 5.74) is 0. The first-order valence-corrected chi connectivity index (χ1v) is 9.97. The average Bonchev–Trinajstić information content (AvgIpc) is 2.53. The lowest BCUT2D eigenvalue weighted by Gasteiger charge is -2.34. The van der Waals surface area contributed by atoms with E-state index in [-0.39, 0.29) is 6.10 Å². The molecule has 1 fully saturated rings. The van der Waals surface area contributed by atoms with E-state index in [9.17, 15) is 5.11 Å². The van der Waals surface area contributed by atoms with Crippen LogP contribution < -0.4 is 0 Å². The quantitative estimate of drug-likeness (QED) is 0.408. The summed E-state index contributed by atoms with van der Waals surface area (Å²) in [6.45, 7) is 4.58. The molecule has 1 heteroatoms. The molecule has 1 aliphatic rings. The van der Waals surface area contributed by atoms with Gasteiger partial charge in [-0.3, -0.25) is 0 Å². The van der Waals surface area contributed by atoms with Crippen molar-refractivity contribution < 1.29 is 5.11 Å². The standard InChI is InChI=1S/C20H40O/c1-3-5-6-7-8-9-10-11-12-17-20(21)19-16-14-13-15-18(19)4-2/h18-21H,3-17H2,1-2H3. The van der Waals surface area contributed by atoms with Crippen LogP contribution in [0.5, 0.6) is 0 Å². The molecule has 3 atom stereocenters. The molecule has 1 saturated carbocycles. The van der Waals surface area contributed by atoms with Crippen LogP contribution in [-0.4, -0.2) is 11.2 Å². The van der Waals surface area contributed by atoms with E-state index in [1.54, 1.807) is 0 Å². The van der Waals surface area contributed by atoms with E-state index in [2.05, 4.69) is 13.8 Å². The second-order valence-corrected chi connectivity index (χ2v) is 7.30. The monoisotopic (exact) mass is 296 g/mol. The Balaban J connectivity index is 1.98. The van der Waals surface area contributed by atoms with Gasteiger partial charge in [0.1, 0.15) is 0 Å². The Bertz CT molecular complexity index is 226. The third-order valence-electron chi connectivity index (χ3n) is 5.59. The normalized spacial score (nSPS) is 24.1. The van der Waals surface area contributed by atoms with Gasteiger partial charge in [0.25, 0.3) is 0 Å². The van der Waals surface area contributed by atoms with Crippen LogP contribution in [0.25, 0.3) is 0 Å². The highest BCUT2D eigenvalue weighted by molar-refractivity contribution is 4.80. The summed E-state index contributed by atoms with van der Waals surface area (Å²) in [7, 11) is 0. The van der Waals surface area contributed by atoms with E-state index in [0.717, 1.165) is 12.3 Å². The molecule has 0 saturated heterocycles. The number of aliphatic hydroxyl groups is 1. The van der Waals surface area contributed by atoms with Crippen molar-refractivity contribution >= 4 is 0 Å². The highest BCUT2D eigenvalue weighted by Crippen LogP contribution is 2.35. The summed E-state index contributed by atoms with van der Waals surface area (Å²) >= 11 is 0. The highest BCUT2D eigenvalue weighted by Gasteiger charge is 2.28. The fourth-order valence-electron chi connectivity index (χ4n) is 4.13. The van der Waals surface area contributed by atoms with E-state index in [4.69, 9.17) is 0 Å². The van der Waals surface area contributed by atoms with Gasteiger partial charge >= 0.3 is 0 Å². The third-order valence-corrected chi connectivity index (χ3v) is 5.59. The maximum absolute atomic E-state index is 10.5. The van der Waals surface area contributed by atoms with Crippen molar-refractivity contribution in [3.8, 4) is 0 Å². The molecule has 0 spiro atoms. The zero-order chi connectivity index (χ0) is 15.3. The summed E-state index contributed by atoms with van der Waals surface area (Å²) in [4.78, 5) is 0. The van der Waals surface area contributed by atoms with Crippen molar-refractivity contribution in [3.63, 3.8) is 0 Å². The predicted molar refractivity (Wildman–Crippen MR) is 93.6 cm³/mol. The van der Waals surface area contributed by atoms with E-state index >= 15 is 0 Å². The molecular formula is C20H40O. The van der Waals surface area contributed by atoms with Gasteiger partial charge in [-0.1, -0.05) is 97.3 Å². The Morgan fingerprint density at radius 1 is 0.810 bits per heavy atom. The van der Waals surface area contributed by atoms with E-state index in [1.807, 2.05) is 0 Å². The molecule has 0 bridgehead atoms. The van der Waals surface area contributed by atoms with Crippen molar-refractivity contribution in [2.75, 3.05) is 0 Å². The lowest BCUT2D eigenvalue weighted by molar-refractivity contribution is 0.0383. The van der Waals surface area contributed by atoms with Crippen molar-refractivity contribution in [1.29, 1.82) is 0 Å². The van der Waals surface area contributed by atoms with Gasteiger partial charge in [-0.25, -0.2) is 0 Å². The van der Waals surface area contributed by atoms with Crippen molar-refractivity contribution in [2.24, 2.45) is 11.8 Å². The van der Waals surface area contributed by atoms with Gasteiger partial charge in [0, 0.05) is 0 Å². The zero-order valence-corrected chi connectivity index (χ0v) is 14.8. The number of hydrogen-bond donors (Lipinski definition) is 1. The first-order valence-electron chi connectivity index (χ1n) is 9.97. The summed E-state index contributed by atoms with van der Waals surface area (Å²) in [6, 6.07) is 0. The van der Waals surface area contributed by atoms with Gasteiger partial charge in [0.15, 0.2) is 0 Å². The number of unbranched alkanes of at least 4 members (excludes halogenated alkanes) is 8. The Hall–Kier alpha value is -0.0400.